The highest BCUT2D eigenvalue weighted by Gasteiger charge is 2.24. The first-order valence-corrected chi connectivity index (χ1v) is 6.84. The van der Waals surface area contributed by atoms with E-state index in [0.717, 1.165) is 17.4 Å². The summed E-state index contributed by atoms with van der Waals surface area (Å²) >= 11 is 0. The average molecular weight is 271 g/mol. The molecule has 0 atom stereocenters. The fourth-order valence-electron chi connectivity index (χ4n) is 2.66. The summed E-state index contributed by atoms with van der Waals surface area (Å²) in [6.45, 7) is 4.10. The molecule has 1 aromatic carbocycles. The fourth-order valence-corrected chi connectivity index (χ4v) is 2.66. The third-order valence-corrected chi connectivity index (χ3v) is 3.69. The highest BCUT2D eigenvalue weighted by atomic mass is 16.2. The summed E-state index contributed by atoms with van der Waals surface area (Å²) in [5.74, 6) is -0.160. The lowest BCUT2D eigenvalue weighted by molar-refractivity contribution is -0.123. The van der Waals surface area contributed by atoms with E-state index in [4.69, 9.17) is 0 Å². The maximum atomic E-state index is 12.6. The maximum absolute atomic E-state index is 12.6. The number of aryl methyl sites for hydroxylation is 1. The SMILES string of the molecule is CCn1cc(C(=O)N2CCNC(=O)C2)c2ccccc21. The van der Waals surface area contributed by atoms with Crippen LogP contribution in [0.3, 0.4) is 0 Å². The second-order valence-corrected chi connectivity index (χ2v) is 4.92. The Balaban J connectivity index is 2.01. The second-order valence-electron chi connectivity index (χ2n) is 4.92. The van der Waals surface area contributed by atoms with Gasteiger partial charge in [-0.25, -0.2) is 0 Å². The Bertz CT molecular complexity index is 675. The lowest BCUT2D eigenvalue weighted by Gasteiger charge is -2.26. The topological polar surface area (TPSA) is 54.3 Å². The highest BCUT2D eigenvalue weighted by molar-refractivity contribution is 6.08. The third kappa shape index (κ3) is 2.05. The van der Waals surface area contributed by atoms with Crippen LogP contribution in [0.4, 0.5) is 0 Å². The van der Waals surface area contributed by atoms with Crippen molar-refractivity contribution >= 4 is 22.7 Å². The molecule has 1 fully saturated rings. The van der Waals surface area contributed by atoms with Gasteiger partial charge in [0.2, 0.25) is 5.91 Å². The van der Waals surface area contributed by atoms with E-state index >= 15 is 0 Å². The van der Waals surface area contributed by atoms with Crippen LogP contribution in [0.15, 0.2) is 30.5 Å². The predicted molar refractivity (Wildman–Crippen MR) is 76.5 cm³/mol. The van der Waals surface area contributed by atoms with Crippen LogP contribution in [0.25, 0.3) is 10.9 Å². The van der Waals surface area contributed by atoms with Gasteiger partial charge in [-0.05, 0) is 13.0 Å². The quantitative estimate of drug-likeness (QED) is 0.893. The number of para-hydroxylation sites is 1. The van der Waals surface area contributed by atoms with Crippen molar-refractivity contribution in [3.8, 4) is 0 Å². The van der Waals surface area contributed by atoms with E-state index in [1.54, 1.807) is 4.90 Å². The monoisotopic (exact) mass is 271 g/mol. The molecule has 104 valence electrons. The molecule has 1 aromatic heterocycles. The molecule has 0 aliphatic carbocycles. The Hall–Kier alpha value is -2.30. The van der Waals surface area contributed by atoms with E-state index in [1.807, 2.05) is 30.5 Å². The number of carbonyl (C=O) groups excluding carboxylic acids is 2. The fraction of sp³-hybridized carbons (Fsp3) is 0.333. The molecule has 0 radical (unpaired) electrons. The van der Waals surface area contributed by atoms with Gasteiger partial charge in [-0.3, -0.25) is 9.59 Å². The zero-order chi connectivity index (χ0) is 14.1. The van der Waals surface area contributed by atoms with Crippen LogP contribution in [0.5, 0.6) is 0 Å². The first-order valence-electron chi connectivity index (χ1n) is 6.84. The molecule has 1 aliphatic heterocycles. The molecule has 0 spiro atoms. The zero-order valence-electron chi connectivity index (χ0n) is 11.4. The molecule has 20 heavy (non-hydrogen) atoms. The highest BCUT2D eigenvalue weighted by Crippen LogP contribution is 2.22. The van der Waals surface area contributed by atoms with E-state index in [2.05, 4.69) is 16.8 Å². The number of nitrogens with zero attached hydrogens (tertiary/aromatic N) is 2. The van der Waals surface area contributed by atoms with Crippen LogP contribution < -0.4 is 5.32 Å². The molecule has 2 aromatic rings. The van der Waals surface area contributed by atoms with E-state index in [9.17, 15) is 9.59 Å². The van der Waals surface area contributed by atoms with E-state index < -0.39 is 0 Å². The number of hydrogen-bond donors (Lipinski definition) is 1. The molecule has 0 bridgehead atoms. The first kappa shape index (κ1) is 12.7. The molecule has 2 amide bonds. The van der Waals surface area contributed by atoms with Crippen molar-refractivity contribution in [3.05, 3.63) is 36.0 Å². The van der Waals surface area contributed by atoms with Crippen molar-refractivity contribution in [3.63, 3.8) is 0 Å². The number of hydrogen-bond acceptors (Lipinski definition) is 2. The van der Waals surface area contributed by atoms with Crippen molar-refractivity contribution in [1.29, 1.82) is 0 Å². The number of aromatic nitrogens is 1. The molecule has 2 heterocycles. The summed E-state index contributed by atoms with van der Waals surface area (Å²) in [7, 11) is 0. The minimum atomic E-state index is -0.0937. The Morgan fingerprint density at radius 1 is 1.35 bits per heavy atom. The molecule has 5 heteroatoms. The van der Waals surface area contributed by atoms with Gasteiger partial charge in [0.05, 0.1) is 12.1 Å². The van der Waals surface area contributed by atoms with Crippen LogP contribution in [-0.4, -0.2) is 40.9 Å². The predicted octanol–water partition coefficient (Wildman–Crippen LogP) is 1.23. The number of carbonyl (C=O) groups is 2. The van der Waals surface area contributed by atoms with Gasteiger partial charge < -0.3 is 14.8 Å². The van der Waals surface area contributed by atoms with Crippen molar-refractivity contribution in [2.75, 3.05) is 19.6 Å². The van der Waals surface area contributed by atoms with Crippen LogP contribution in [0.2, 0.25) is 0 Å². The van der Waals surface area contributed by atoms with Crippen molar-refractivity contribution < 1.29 is 9.59 Å². The minimum absolute atomic E-state index is 0.0664. The largest absolute Gasteiger partial charge is 0.353 e. The molecule has 0 unspecified atom stereocenters. The average Bonchev–Trinajstić information content (AvgIpc) is 2.85. The van der Waals surface area contributed by atoms with E-state index in [-0.39, 0.29) is 18.4 Å². The van der Waals surface area contributed by atoms with Gasteiger partial charge in [0.15, 0.2) is 0 Å². The number of piperazine rings is 1. The van der Waals surface area contributed by atoms with Gasteiger partial charge in [0, 0.05) is 36.7 Å². The van der Waals surface area contributed by atoms with Crippen LogP contribution in [-0.2, 0) is 11.3 Å². The van der Waals surface area contributed by atoms with Crippen LogP contribution in [0.1, 0.15) is 17.3 Å². The van der Waals surface area contributed by atoms with Gasteiger partial charge in [0.1, 0.15) is 0 Å². The Kier molecular flexibility index (Phi) is 3.18. The summed E-state index contributed by atoms with van der Waals surface area (Å²) in [6, 6.07) is 7.87. The Morgan fingerprint density at radius 2 is 2.15 bits per heavy atom. The molecule has 0 saturated carbocycles. The van der Waals surface area contributed by atoms with Crippen LogP contribution in [0, 0.1) is 0 Å². The van der Waals surface area contributed by atoms with Gasteiger partial charge in [0.25, 0.3) is 5.91 Å². The lowest BCUT2D eigenvalue weighted by atomic mass is 10.1. The minimum Gasteiger partial charge on any atom is -0.353 e. The van der Waals surface area contributed by atoms with E-state index in [1.165, 1.54) is 0 Å². The molecular weight excluding hydrogens is 254 g/mol. The number of amides is 2. The molecule has 1 aliphatic rings. The summed E-state index contributed by atoms with van der Waals surface area (Å²) in [6.07, 6.45) is 1.89. The van der Waals surface area contributed by atoms with Gasteiger partial charge in [-0.15, -0.1) is 0 Å². The molecule has 3 rings (SSSR count). The van der Waals surface area contributed by atoms with Gasteiger partial charge in [-0.1, -0.05) is 18.2 Å². The summed E-state index contributed by atoms with van der Waals surface area (Å²) in [5.41, 5.74) is 1.73. The number of benzene rings is 1. The summed E-state index contributed by atoms with van der Waals surface area (Å²) in [5, 5.41) is 3.68. The first-order chi connectivity index (χ1) is 9.70. The van der Waals surface area contributed by atoms with Gasteiger partial charge in [-0.2, -0.15) is 0 Å². The summed E-state index contributed by atoms with van der Waals surface area (Å²) < 4.78 is 2.06. The molecular formula is C15H17N3O2. The zero-order valence-corrected chi connectivity index (χ0v) is 11.4. The summed E-state index contributed by atoms with van der Waals surface area (Å²) in [4.78, 5) is 25.7. The smallest absolute Gasteiger partial charge is 0.256 e. The number of rotatable bonds is 2. The van der Waals surface area contributed by atoms with Crippen molar-refractivity contribution in [2.24, 2.45) is 0 Å². The number of fused-ring (bicyclic) bond motifs is 1. The van der Waals surface area contributed by atoms with Crippen molar-refractivity contribution in [2.45, 2.75) is 13.5 Å². The second kappa shape index (κ2) is 5.00. The van der Waals surface area contributed by atoms with Gasteiger partial charge >= 0.3 is 0 Å². The standard InChI is InChI=1S/C15H17N3O2/c1-2-17-9-12(11-5-3-4-6-13(11)17)15(20)18-8-7-16-14(19)10-18/h3-6,9H,2,7-8,10H2,1H3,(H,16,19). The Labute approximate surface area is 117 Å². The van der Waals surface area contributed by atoms with E-state index in [0.29, 0.717) is 18.7 Å². The molecule has 1 N–H and O–H groups in total. The van der Waals surface area contributed by atoms with Crippen LogP contribution >= 0.6 is 0 Å². The normalized spacial score (nSPS) is 15.4. The number of nitrogens with one attached hydrogen (secondary N) is 1. The Morgan fingerprint density at radius 3 is 2.90 bits per heavy atom. The molecule has 5 nitrogen and oxygen atoms in total. The third-order valence-electron chi connectivity index (χ3n) is 3.69. The van der Waals surface area contributed by atoms with Crippen molar-refractivity contribution in [1.82, 2.24) is 14.8 Å². The lowest BCUT2D eigenvalue weighted by Crippen LogP contribution is -2.49. The maximum Gasteiger partial charge on any atom is 0.256 e. The molecule has 1 saturated heterocycles.